The van der Waals surface area contributed by atoms with Crippen LogP contribution in [-0.4, -0.2) is 42.1 Å². The van der Waals surface area contributed by atoms with E-state index < -0.39 is 17.8 Å². The average molecular weight is 446 g/mol. The molecular formula is C19H19FN6O4S. The van der Waals surface area contributed by atoms with Crippen LogP contribution in [0.3, 0.4) is 0 Å². The lowest BCUT2D eigenvalue weighted by molar-refractivity contribution is 0.0997. The molecule has 2 heterocycles. The number of pyridine rings is 1. The molecule has 0 spiro atoms. The van der Waals surface area contributed by atoms with Gasteiger partial charge in [-0.3, -0.25) is 9.59 Å². The van der Waals surface area contributed by atoms with E-state index in [-0.39, 0.29) is 27.1 Å². The molecule has 0 radical (unpaired) electrons. The molecule has 0 saturated carbocycles. The lowest BCUT2D eigenvalue weighted by Gasteiger charge is -2.10. The van der Waals surface area contributed by atoms with Gasteiger partial charge in [-0.05, 0) is 24.3 Å². The van der Waals surface area contributed by atoms with Crippen LogP contribution in [-0.2, 0) is 4.74 Å². The molecule has 0 saturated heterocycles. The summed E-state index contributed by atoms with van der Waals surface area (Å²) >= 11 is 0.965. The number of primary amides is 1. The number of methoxy groups -OCH3 is 1. The highest BCUT2D eigenvalue weighted by atomic mass is 32.1. The van der Waals surface area contributed by atoms with Gasteiger partial charge in [-0.25, -0.2) is 9.97 Å². The van der Waals surface area contributed by atoms with Crippen LogP contribution in [0.25, 0.3) is 0 Å². The first kappa shape index (κ1) is 21.9. The van der Waals surface area contributed by atoms with E-state index >= 15 is 0 Å². The van der Waals surface area contributed by atoms with Crippen LogP contribution in [0.2, 0.25) is 0 Å². The second-order valence-electron chi connectivity index (χ2n) is 6.10. The molecule has 162 valence electrons. The van der Waals surface area contributed by atoms with E-state index in [2.05, 4.69) is 20.6 Å². The monoisotopic (exact) mass is 446 g/mol. The summed E-state index contributed by atoms with van der Waals surface area (Å²) in [6.07, 6.45) is 1.27. The molecule has 3 rings (SSSR count). The fourth-order valence-corrected chi connectivity index (χ4v) is 3.35. The van der Waals surface area contributed by atoms with Gasteiger partial charge in [0.2, 0.25) is 5.95 Å². The number of hydrogen-bond acceptors (Lipinski definition) is 9. The van der Waals surface area contributed by atoms with Crippen LogP contribution >= 0.6 is 11.3 Å². The molecule has 1 aromatic carbocycles. The number of benzene rings is 1. The van der Waals surface area contributed by atoms with E-state index in [0.717, 1.165) is 17.4 Å². The van der Waals surface area contributed by atoms with Crippen LogP contribution < -0.4 is 26.8 Å². The summed E-state index contributed by atoms with van der Waals surface area (Å²) in [7, 11) is 1.55. The molecule has 0 unspecified atom stereocenters. The number of thiazole rings is 1. The summed E-state index contributed by atoms with van der Waals surface area (Å²) in [5, 5.41) is 5.80. The molecule has 0 bridgehead atoms. The average Bonchev–Trinajstić information content (AvgIpc) is 3.11. The lowest BCUT2D eigenvalue weighted by Crippen LogP contribution is -2.17. The Kier molecular flexibility index (Phi) is 6.95. The van der Waals surface area contributed by atoms with Gasteiger partial charge in [-0.2, -0.15) is 4.39 Å². The van der Waals surface area contributed by atoms with Crippen molar-refractivity contribution in [2.24, 2.45) is 5.73 Å². The molecule has 6 N–H and O–H groups in total. The molecule has 0 fully saturated rings. The van der Waals surface area contributed by atoms with Crippen molar-refractivity contribution in [2.45, 2.75) is 0 Å². The molecule has 3 aromatic rings. The number of rotatable bonds is 9. The zero-order valence-corrected chi connectivity index (χ0v) is 17.2. The Morgan fingerprint density at radius 3 is 2.71 bits per heavy atom. The van der Waals surface area contributed by atoms with E-state index in [1.807, 2.05) is 0 Å². The molecule has 12 heteroatoms. The van der Waals surface area contributed by atoms with Gasteiger partial charge in [-0.15, -0.1) is 0 Å². The maximum absolute atomic E-state index is 13.3. The van der Waals surface area contributed by atoms with E-state index in [1.165, 1.54) is 24.4 Å². The predicted molar refractivity (Wildman–Crippen MR) is 114 cm³/mol. The van der Waals surface area contributed by atoms with Crippen molar-refractivity contribution >= 4 is 44.7 Å². The quantitative estimate of drug-likeness (QED) is 0.222. The first-order chi connectivity index (χ1) is 14.9. The number of aromatic nitrogens is 2. The number of anilines is 4. The molecule has 0 atom stereocenters. The summed E-state index contributed by atoms with van der Waals surface area (Å²) in [6.45, 7) is 0.706. The number of hydrogen-bond donors (Lipinski definition) is 4. The highest BCUT2D eigenvalue weighted by Crippen LogP contribution is 2.31. The van der Waals surface area contributed by atoms with E-state index in [9.17, 15) is 14.0 Å². The Hall–Kier alpha value is -3.77. The van der Waals surface area contributed by atoms with Gasteiger partial charge in [0.25, 0.3) is 11.8 Å². The van der Waals surface area contributed by atoms with Crippen LogP contribution in [0.5, 0.6) is 5.75 Å². The first-order valence-electron chi connectivity index (χ1n) is 8.89. The SMILES string of the molecule is COCCOc1ccc(C(=O)Nc2sc(Nc3ccnc(F)c3)nc2C(N)=O)cc1N. The molecule has 10 nitrogen and oxygen atoms in total. The van der Waals surface area contributed by atoms with Crippen LogP contribution in [0.15, 0.2) is 36.5 Å². The van der Waals surface area contributed by atoms with Gasteiger partial charge in [0.15, 0.2) is 10.8 Å². The van der Waals surface area contributed by atoms with Gasteiger partial charge in [0.05, 0.1) is 12.3 Å². The Labute approximate surface area is 180 Å². The fourth-order valence-electron chi connectivity index (χ4n) is 2.46. The predicted octanol–water partition coefficient (Wildman–Crippen LogP) is 2.38. The van der Waals surface area contributed by atoms with Gasteiger partial charge in [0, 0.05) is 30.6 Å². The third kappa shape index (κ3) is 5.65. The Morgan fingerprint density at radius 2 is 2.03 bits per heavy atom. The third-order valence-corrected chi connectivity index (χ3v) is 4.77. The first-order valence-corrected chi connectivity index (χ1v) is 9.71. The third-order valence-electron chi connectivity index (χ3n) is 3.88. The van der Waals surface area contributed by atoms with Crippen molar-refractivity contribution in [3.05, 3.63) is 53.7 Å². The molecule has 31 heavy (non-hydrogen) atoms. The van der Waals surface area contributed by atoms with Crippen molar-refractivity contribution in [1.82, 2.24) is 9.97 Å². The number of nitrogens with zero attached hydrogens (tertiary/aromatic N) is 2. The number of nitrogens with one attached hydrogen (secondary N) is 2. The maximum Gasteiger partial charge on any atom is 0.270 e. The van der Waals surface area contributed by atoms with Gasteiger partial charge in [0.1, 0.15) is 17.4 Å². The largest absolute Gasteiger partial charge is 0.489 e. The Morgan fingerprint density at radius 1 is 1.23 bits per heavy atom. The maximum atomic E-state index is 13.3. The van der Waals surface area contributed by atoms with E-state index in [0.29, 0.717) is 24.7 Å². The van der Waals surface area contributed by atoms with Crippen molar-refractivity contribution in [3.8, 4) is 5.75 Å². The van der Waals surface area contributed by atoms with Crippen molar-refractivity contribution < 1.29 is 23.5 Å². The van der Waals surface area contributed by atoms with Crippen LogP contribution in [0, 0.1) is 5.95 Å². The summed E-state index contributed by atoms with van der Waals surface area (Å²) in [6, 6.07) is 7.21. The molecular weight excluding hydrogens is 427 g/mol. The number of halogens is 1. The molecule has 0 aliphatic carbocycles. The highest BCUT2D eigenvalue weighted by Gasteiger charge is 2.19. The minimum atomic E-state index is -0.832. The van der Waals surface area contributed by atoms with Crippen molar-refractivity contribution in [2.75, 3.05) is 36.7 Å². The highest BCUT2D eigenvalue weighted by molar-refractivity contribution is 7.20. The van der Waals surface area contributed by atoms with Crippen molar-refractivity contribution in [3.63, 3.8) is 0 Å². The summed E-state index contributed by atoms with van der Waals surface area (Å²) in [5.41, 5.74) is 12.1. The number of carbonyl (C=O) groups is 2. The van der Waals surface area contributed by atoms with Crippen LogP contribution in [0.4, 0.5) is 25.9 Å². The standard InChI is InChI=1S/C19H19FN6O4S/c1-29-6-7-30-13-3-2-10(8-12(13)21)17(28)26-18-15(16(22)27)25-19(31-18)24-11-4-5-23-14(20)9-11/h2-5,8-9H,6-7,21H2,1H3,(H2,22,27)(H,26,28)(H,23,24,25). The number of ether oxygens (including phenoxy) is 2. The molecule has 0 aliphatic rings. The fraction of sp³-hybridized carbons (Fsp3) is 0.158. The number of nitrogen functional groups attached to an aromatic ring is 1. The summed E-state index contributed by atoms with van der Waals surface area (Å²) < 4.78 is 23.6. The van der Waals surface area contributed by atoms with Crippen molar-refractivity contribution in [1.29, 1.82) is 0 Å². The normalized spacial score (nSPS) is 10.5. The number of carbonyl (C=O) groups excluding carboxylic acids is 2. The lowest BCUT2D eigenvalue weighted by atomic mass is 10.1. The molecule has 0 aliphatic heterocycles. The number of nitrogens with two attached hydrogens (primary N) is 2. The van der Waals surface area contributed by atoms with E-state index in [1.54, 1.807) is 13.2 Å². The van der Waals surface area contributed by atoms with Gasteiger partial charge >= 0.3 is 0 Å². The second kappa shape index (κ2) is 9.82. The summed E-state index contributed by atoms with van der Waals surface area (Å²) in [5.74, 6) is -1.62. The second-order valence-corrected chi connectivity index (χ2v) is 7.10. The Bertz CT molecular complexity index is 1110. The van der Waals surface area contributed by atoms with Gasteiger partial charge in [-0.1, -0.05) is 11.3 Å². The van der Waals surface area contributed by atoms with E-state index in [4.69, 9.17) is 20.9 Å². The van der Waals surface area contributed by atoms with Gasteiger partial charge < -0.3 is 31.6 Å². The minimum absolute atomic E-state index is 0.133. The molecule has 2 aromatic heterocycles. The number of amides is 2. The topological polar surface area (TPSA) is 154 Å². The van der Waals surface area contributed by atoms with Crippen LogP contribution in [0.1, 0.15) is 20.8 Å². The Balaban J connectivity index is 1.76. The zero-order valence-electron chi connectivity index (χ0n) is 16.3. The zero-order chi connectivity index (χ0) is 22.4. The smallest absolute Gasteiger partial charge is 0.270 e. The molecule has 2 amide bonds. The summed E-state index contributed by atoms with van der Waals surface area (Å²) in [4.78, 5) is 31.9. The minimum Gasteiger partial charge on any atom is -0.489 e.